The molecule has 43 heavy (non-hydrogen) atoms. The third-order valence-electron chi connectivity index (χ3n) is 7.54. The monoisotopic (exact) mass is 607 g/mol. The summed E-state index contributed by atoms with van der Waals surface area (Å²) in [6, 6.07) is 21.1. The van der Waals surface area contributed by atoms with E-state index in [1.165, 1.54) is 11.8 Å². The highest BCUT2D eigenvalue weighted by Crippen LogP contribution is 2.35. The Morgan fingerprint density at radius 1 is 0.907 bits per heavy atom. The van der Waals surface area contributed by atoms with Gasteiger partial charge in [-0.05, 0) is 50.5 Å². The van der Waals surface area contributed by atoms with Crippen LogP contribution in [0.2, 0.25) is 0 Å². The minimum Gasteiger partial charge on any atom is -0.486 e. The number of carbonyl (C=O) groups excluding carboxylic acids is 2. The summed E-state index contributed by atoms with van der Waals surface area (Å²) in [7, 11) is -3.89. The van der Waals surface area contributed by atoms with Crippen LogP contribution in [0.3, 0.4) is 0 Å². The third-order valence-corrected chi connectivity index (χ3v) is 9.28. The molecule has 1 N–H and O–H groups in total. The fourth-order valence-electron chi connectivity index (χ4n) is 4.79. The van der Waals surface area contributed by atoms with E-state index < -0.39 is 28.5 Å². The number of benzene rings is 3. The van der Waals surface area contributed by atoms with Gasteiger partial charge in [-0.1, -0.05) is 67.1 Å². The molecule has 9 nitrogen and oxygen atoms in total. The van der Waals surface area contributed by atoms with Gasteiger partial charge in [-0.2, -0.15) is 0 Å². The second kappa shape index (κ2) is 14.4. The summed E-state index contributed by atoms with van der Waals surface area (Å²) >= 11 is 0. The lowest BCUT2D eigenvalue weighted by atomic mass is 10.0. The lowest BCUT2D eigenvalue weighted by Gasteiger charge is -2.34. The van der Waals surface area contributed by atoms with E-state index in [1.807, 2.05) is 75.4 Å². The molecule has 0 bridgehead atoms. The van der Waals surface area contributed by atoms with Gasteiger partial charge in [0.05, 0.1) is 11.4 Å². The number of fused-ring (bicyclic) bond motifs is 1. The second-order valence-electron chi connectivity index (χ2n) is 10.8. The zero-order valence-electron chi connectivity index (χ0n) is 25.3. The van der Waals surface area contributed by atoms with Gasteiger partial charge in [0.15, 0.2) is 11.5 Å². The molecule has 0 spiro atoms. The number of aryl methyl sites for hydroxylation is 1. The van der Waals surface area contributed by atoms with Crippen LogP contribution in [0.15, 0.2) is 72.8 Å². The average molecular weight is 608 g/mol. The maximum atomic E-state index is 14.3. The molecule has 0 saturated carbocycles. The summed E-state index contributed by atoms with van der Waals surface area (Å²) in [6.45, 7) is 7.80. The molecular formula is C33H41N3O6S. The molecule has 0 radical (unpaired) electrons. The molecule has 0 saturated heterocycles. The Kier molecular flexibility index (Phi) is 10.7. The maximum Gasteiger partial charge on any atom is 0.244 e. The van der Waals surface area contributed by atoms with Crippen LogP contribution in [-0.4, -0.2) is 62.7 Å². The van der Waals surface area contributed by atoms with E-state index >= 15 is 0 Å². The Morgan fingerprint density at radius 3 is 2.23 bits per heavy atom. The van der Waals surface area contributed by atoms with Gasteiger partial charge in [0, 0.05) is 25.1 Å². The molecule has 2 amide bonds. The van der Waals surface area contributed by atoms with Crippen LogP contribution in [0.5, 0.6) is 11.5 Å². The SMILES string of the molecule is CC[C@@H](C)NC(=O)[C@H](Cc1ccccc1)N(Cc1ccc(C)cc1)C(=O)CN(c1ccc2c(c1)OCCO2)S(=O)(=O)CC. The highest BCUT2D eigenvalue weighted by atomic mass is 32.2. The molecule has 0 fully saturated rings. The number of hydrogen-bond acceptors (Lipinski definition) is 6. The molecule has 0 aliphatic carbocycles. The number of amides is 2. The number of sulfonamides is 1. The van der Waals surface area contributed by atoms with Crippen LogP contribution in [0.4, 0.5) is 5.69 Å². The zero-order valence-corrected chi connectivity index (χ0v) is 26.1. The van der Waals surface area contributed by atoms with Gasteiger partial charge in [-0.3, -0.25) is 13.9 Å². The van der Waals surface area contributed by atoms with E-state index in [0.29, 0.717) is 30.4 Å². The van der Waals surface area contributed by atoms with Crippen molar-refractivity contribution in [2.24, 2.45) is 0 Å². The van der Waals surface area contributed by atoms with Crippen LogP contribution in [-0.2, 0) is 32.6 Å². The number of hydrogen-bond donors (Lipinski definition) is 1. The van der Waals surface area contributed by atoms with Crippen molar-refractivity contribution in [3.05, 3.63) is 89.5 Å². The van der Waals surface area contributed by atoms with Crippen LogP contribution in [0, 0.1) is 6.92 Å². The van der Waals surface area contributed by atoms with Crippen molar-refractivity contribution in [3.63, 3.8) is 0 Å². The normalized spacial score (nSPS) is 14.0. The maximum absolute atomic E-state index is 14.3. The number of anilines is 1. The summed E-state index contributed by atoms with van der Waals surface area (Å²) < 4.78 is 39.2. The molecule has 230 valence electrons. The molecule has 4 rings (SSSR count). The van der Waals surface area contributed by atoms with Crippen molar-refractivity contribution >= 4 is 27.5 Å². The molecule has 1 aliphatic heterocycles. The Morgan fingerprint density at radius 2 is 1.58 bits per heavy atom. The minimum atomic E-state index is -3.89. The predicted molar refractivity (Wildman–Crippen MR) is 168 cm³/mol. The zero-order chi connectivity index (χ0) is 31.0. The highest BCUT2D eigenvalue weighted by Gasteiger charge is 2.34. The van der Waals surface area contributed by atoms with Gasteiger partial charge in [-0.25, -0.2) is 8.42 Å². The van der Waals surface area contributed by atoms with Crippen molar-refractivity contribution in [2.45, 2.75) is 59.2 Å². The summed E-state index contributed by atoms with van der Waals surface area (Å²) in [4.78, 5) is 29.6. The summed E-state index contributed by atoms with van der Waals surface area (Å²) in [5.74, 6) is -0.0652. The van der Waals surface area contributed by atoms with Crippen LogP contribution < -0.4 is 19.1 Å². The van der Waals surface area contributed by atoms with E-state index in [0.717, 1.165) is 27.4 Å². The van der Waals surface area contributed by atoms with Gasteiger partial charge in [-0.15, -0.1) is 0 Å². The molecule has 1 heterocycles. The van der Waals surface area contributed by atoms with E-state index in [1.54, 1.807) is 18.2 Å². The van der Waals surface area contributed by atoms with Crippen molar-refractivity contribution in [1.29, 1.82) is 0 Å². The number of carbonyl (C=O) groups is 2. The average Bonchev–Trinajstić information content (AvgIpc) is 3.02. The first kappa shape index (κ1) is 31.9. The summed E-state index contributed by atoms with van der Waals surface area (Å²) in [5.41, 5.74) is 3.07. The first-order valence-electron chi connectivity index (χ1n) is 14.7. The smallest absolute Gasteiger partial charge is 0.244 e. The van der Waals surface area contributed by atoms with E-state index in [4.69, 9.17) is 9.47 Å². The summed E-state index contributed by atoms with van der Waals surface area (Å²) in [5, 5.41) is 3.05. The lowest BCUT2D eigenvalue weighted by molar-refractivity contribution is -0.140. The van der Waals surface area contributed by atoms with Crippen molar-refractivity contribution in [3.8, 4) is 11.5 Å². The molecule has 1 aliphatic rings. The Balaban J connectivity index is 1.75. The topological polar surface area (TPSA) is 105 Å². The largest absolute Gasteiger partial charge is 0.486 e. The Hall–Kier alpha value is -4.05. The van der Waals surface area contributed by atoms with Crippen LogP contribution >= 0.6 is 0 Å². The number of nitrogens with zero attached hydrogens (tertiary/aromatic N) is 2. The predicted octanol–water partition coefficient (Wildman–Crippen LogP) is 4.48. The number of ether oxygens (including phenoxy) is 2. The second-order valence-corrected chi connectivity index (χ2v) is 12.9. The standard InChI is InChI=1S/C33H41N3O6S/c1-5-25(4)34-33(38)29(20-26-10-8-7-9-11-26)35(22-27-14-12-24(3)13-15-27)32(37)23-36(43(39,40)6-2)28-16-17-30-31(21-28)42-19-18-41-30/h7-17,21,25,29H,5-6,18-20,22-23H2,1-4H3,(H,34,38)/t25-,29+/m1/s1. The number of rotatable bonds is 13. The van der Waals surface area contributed by atoms with E-state index in [-0.39, 0.29) is 30.7 Å². The van der Waals surface area contributed by atoms with Crippen molar-refractivity contribution < 1.29 is 27.5 Å². The van der Waals surface area contributed by atoms with Crippen LogP contribution in [0.25, 0.3) is 0 Å². The molecule has 10 heteroatoms. The molecular weight excluding hydrogens is 566 g/mol. The van der Waals surface area contributed by atoms with Gasteiger partial charge < -0.3 is 19.7 Å². The Bertz CT molecular complexity index is 1490. The molecule has 0 aromatic heterocycles. The molecule has 2 atom stereocenters. The number of nitrogens with one attached hydrogen (secondary N) is 1. The van der Waals surface area contributed by atoms with Gasteiger partial charge >= 0.3 is 0 Å². The van der Waals surface area contributed by atoms with E-state index in [9.17, 15) is 18.0 Å². The van der Waals surface area contributed by atoms with Crippen LogP contribution in [0.1, 0.15) is 43.9 Å². The third kappa shape index (κ3) is 8.28. The summed E-state index contributed by atoms with van der Waals surface area (Å²) in [6.07, 6.45) is 0.994. The lowest BCUT2D eigenvalue weighted by Crippen LogP contribution is -2.54. The van der Waals surface area contributed by atoms with Crippen molar-refractivity contribution in [2.75, 3.05) is 29.8 Å². The molecule has 3 aromatic rings. The first-order valence-corrected chi connectivity index (χ1v) is 16.3. The fraction of sp³-hybridized carbons (Fsp3) is 0.394. The van der Waals surface area contributed by atoms with Gasteiger partial charge in [0.2, 0.25) is 21.8 Å². The fourth-order valence-corrected chi connectivity index (χ4v) is 5.85. The molecule has 3 aromatic carbocycles. The highest BCUT2D eigenvalue weighted by molar-refractivity contribution is 7.92. The van der Waals surface area contributed by atoms with Gasteiger partial charge in [0.25, 0.3) is 0 Å². The molecule has 0 unspecified atom stereocenters. The minimum absolute atomic E-state index is 0.100. The van der Waals surface area contributed by atoms with Gasteiger partial charge in [0.1, 0.15) is 25.8 Å². The van der Waals surface area contributed by atoms with E-state index in [2.05, 4.69) is 5.32 Å². The Labute approximate surface area is 254 Å². The quantitative estimate of drug-likeness (QED) is 0.307. The van der Waals surface area contributed by atoms with Crippen molar-refractivity contribution in [1.82, 2.24) is 10.2 Å². The first-order chi connectivity index (χ1) is 20.6.